The third-order valence-electron chi connectivity index (χ3n) is 0.835. The van der Waals surface area contributed by atoms with E-state index in [4.69, 9.17) is 5.11 Å². The number of aliphatic hydroxyl groups is 1. The molecule has 0 aromatic rings. The van der Waals surface area contributed by atoms with Crippen molar-refractivity contribution in [3.8, 4) is 0 Å². The zero-order chi connectivity index (χ0) is 7.98. The first-order valence-electron chi connectivity index (χ1n) is 2.82. The molecule has 1 amide bonds. The summed E-state index contributed by atoms with van der Waals surface area (Å²) in [6, 6.07) is 0. The molecule has 0 spiro atoms. The highest BCUT2D eigenvalue weighted by molar-refractivity contribution is 5.66. The molecule has 0 aliphatic carbocycles. The van der Waals surface area contributed by atoms with Crippen molar-refractivity contribution in [3.63, 3.8) is 0 Å². The Balaban J connectivity index is 3.35. The number of carbonyl (C=O) groups excluding carboxylic acids is 1. The van der Waals surface area contributed by atoms with E-state index in [9.17, 15) is 4.79 Å². The third kappa shape index (κ3) is 3.91. The normalized spacial score (nSPS) is 8.60. The fourth-order valence-electron chi connectivity index (χ4n) is 0.285. The van der Waals surface area contributed by atoms with Crippen molar-refractivity contribution < 1.29 is 14.6 Å². The summed E-state index contributed by atoms with van der Waals surface area (Å²) in [7, 11) is 1.46. The van der Waals surface area contributed by atoms with E-state index >= 15 is 0 Å². The summed E-state index contributed by atoms with van der Waals surface area (Å²) < 4.78 is 4.53. The number of hydrogen-bond acceptors (Lipinski definition) is 3. The molecule has 0 heterocycles. The van der Waals surface area contributed by atoms with Crippen molar-refractivity contribution >= 4 is 6.09 Å². The molecule has 0 rings (SSSR count). The molecule has 0 aliphatic heterocycles. The predicted octanol–water partition coefficient (Wildman–Crippen LogP) is -0.109. The Morgan fingerprint density at radius 1 is 1.80 bits per heavy atom. The minimum Gasteiger partial charge on any atom is -0.445 e. The molecule has 0 saturated carbocycles. The van der Waals surface area contributed by atoms with Gasteiger partial charge in [0.05, 0.1) is 6.61 Å². The fraction of sp³-hybridized carbons (Fsp3) is 0.500. The van der Waals surface area contributed by atoms with Crippen LogP contribution in [0.25, 0.3) is 0 Å². The summed E-state index contributed by atoms with van der Waals surface area (Å²) in [5.41, 5.74) is 0.476. The number of hydrogen-bond donors (Lipinski definition) is 2. The van der Waals surface area contributed by atoms with Crippen molar-refractivity contribution in [2.45, 2.75) is 0 Å². The van der Waals surface area contributed by atoms with Crippen molar-refractivity contribution in [1.82, 2.24) is 5.32 Å². The first kappa shape index (κ1) is 8.97. The maximum atomic E-state index is 10.4. The topological polar surface area (TPSA) is 58.6 Å². The number of nitrogens with one attached hydrogen (secondary N) is 1. The van der Waals surface area contributed by atoms with Gasteiger partial charge in [-0.1, -0.05) is 6.58 Å². The highest BCUT2D eigenvalue weighted by atomic mass is 16.5. The zero-order valence-corrected chi connectivity index (χ0v) is 5.89. The van der Waals surface area contributed by atoms with Gasteiger partial charge in [-0.3, -0.25) is 0 Å². The summed E-state index contributed by atoms with van der Waals surface area (Å²) in [6.07, 6.45) is -0.519. The number of amides is 1. The molecule has 0 radical (unpaired) electrons. The monoisotopic (exact) mass is 145 g/mol. The van der Waals surface area contributed by atoms with Gasteiger partial charge in [0.2, 0.25) is 0 Å². The Kier molecular flexibility index (Phi) is 4.32. The van der Waals surface area contributed by atoms with Crippen molar-refractivity contribution in [2.24, 2.45) is 0 Å². The molecule has 2 N–H and O–H groups in total. The van der Waals surface area contributed by atoms with Gasteiger partial charge in [0.1, 0.15) is 6.61 Å². The van der Waals surface area contributed by atoms with Gasteiger partial charge in [-0.05, 0) is 5.57 Å². The second-order valence-electron chi connectivity index (χ2n) is 1.73. The smallest absolute Gasteiger partial charge is 0.407 e. The minimum atomic E-state index is -0.519. The van der Waals surface area contributed by atoms with E-state index in [-0.39, 0.29) is 13.2 Å². The van der Waals surface area contributed by atoms with E-state index < -0.39 is 6.09 Å². The molecule has 0 atom stereocenters. The SMILES string of the molecule is C=C(CO)COC(=O)NC. The van der Waals surface area contributed by atoms with Crippen molar-refractivity contribution in [3.05, 3.63) is 12.2 Å². The molecular weight excluding hydrogens is 134 g/mol. The standard InChI is InChI=1S/C6H11NO3/c1-5(3-8)4-10-6(9)7-2/h8H,1,3-4H2,2H3,(H,7,9). The van der Waals surface area contributed by atoms with Crippen LogP contribution in [0.5, 0.6) is 0 Å². The van der Waals surface area contributed by atoms with E-state index in [1.54, 1.807) is 0 Å². The molecule has 4 heteroatoms. The molecule has 0 aromatic carbocycles. The summed E-state index contributed by atoms with van der Waals surface area (Å²) in [4.78, 5) is 10.4. The van der Waals surface area contributed by atoms with E-state index in [0.717, 1.165) is 0 Å². The zero-order valence-electron chi connectivity index (χ0n) is 5.89. The number of aliphatic hydroxyl groups excluding tert-OH is 1. The summed E-state index contributed by atoms with van der Waals surface area (Å²) in [5, 5.41) is 10.7. The molecule has 0 aromatic heterocycles. The highest BCUT2D eigenvalue weighted by Crippen LogP contribution is 1.88. The van der Waals surface area contributed by atoms with E-state index in [2.05, 4.69) is 16.6 Å². The van der Waals surface area contributed by atoms with Crippen LogP contribution in [0.4, 0.5) is 4.79 Å². The molecule has 10 heavy (non-hydrogen) atoms. The van der Waals surface area contributed by atoms with Crippen LogP contribution in [0.1, 0.15) is 0 Å². The lowest BCUT2D eigenvalue weighted by molar-refractivity contribution is 0.154. The molecule has 0 fully saturated rings. The highest BCUT2D eigenvalue weighted by Gasteiger charge is 1.97. The van der Waals surface area contributed by atoms with Crippen LogP contribution in [0.3, 0.4) is 0 Å². The van der Waals surface area contributed by atoms with Gasteiger partial charge in [-0.15, -0.1) is 0 Å². The number of rotatable bonds is 3. The Bertz CT molecular complexity index is 117. The number of ether oxygens (including phenoxy) is 1. The Morgan fingerprint density at radius 2 is 2.40 bits per heavy atom. The summed E-state index contributed by atoms with van der Waals surface area (Å²) >= 11 is 0. The van der Waals surface area contributed by atoms with Gasteiger partial charge in [-0.25, -0.2) is 4.79 Å². The summed E-state index contributed by atoms with van der Waals surface area (Å²) in [5.74, 6) is 0. The first-order chi connectivity index (χ1) is 4.70. The van der Waals surface area contributed by atoms with E-state index in [0.29, 0.717) is 5.57 Å². The molecule has 58 valence electrons. The molecular formula is C6H11NO3. The van der Waals surface area contributed by atoms with E-state index in [1.165, 1.54) is 7.05 Å². The number of alkyl carbamates (subject to hydrolysis) is 1. The van der Waals surface area contributed by atoms with Crippen LogP contribution in [-0.4, -0.2) is 31.5 Å². The molecule has 0 unspecified atom stereocenters. The molecule has 0 aliphatic rings. The lowest BCUT2D eigenvalue weighted by atomic mass is 10.4. The van der Waals surface area contributed by atoms with Crippen LogP contribution < -0.4 is 5.32 Å². The van der Waals surface area contributed by atoms with Crippen molar-refractivity contribution in [1.29, 1.82) is 0 Å². The fourth-order valence-corrected chi connectivity index (χ4v) is 0.285. The van der Waals surface area contributed by atoms with Crippen LogP contribution in [-0.2, 0) is 4.74 Å². The van der Waals surface area contributed by atoms with Gasteiger partial charge < -0.3 is 15.2 Å². The Morgan fingerprint density at radius 3 is 2.80 bits per heavy atom. The minimum absolute atomic E-state index is 0.0656. The van der Waals surface area contributed by atoms with Crippen LogP contribution in [0, 0.1) is 0 Å². The predicted molar refractivity (Wildman–Crippen MR) is 36.6 cm³/mol. The van der Waals surface area contributed by atoms with Gasteiger partial charge >= 0.3 is 6.09 Å². The van der Waals surface area contributed by atoms with Gasteiger partial charge in [0.15, 0.2) is 0 Å². The second-order valence-corrected chi connectivity index (χ2v) is 1.73. The first-order valence-corrected chi connectivity index (χ1v) is 2.82. The van der Waals surface area contributed by atoms with Gasteiger partial charge in [0.25, 0.3) is 0 Å². The van der Waals surface area contributed by atoms with E-state index in [1.807, 2.05) is 0 Å². The molecule has 0 saturated heterocycles. The lowest BCUT2D eigenvalue weighted by Gasteiger charge is -2.02. The van der Waals surface area contributed by atoms with Gasteiger partial charge in [-0.2, -0.15) is 0 Å². The Labute approximate surface area is 59.5 Å². The summed E-state index contributed by atoms with van der Waals surface area (Å²) in [6.45, 7) is 3.33. The van der Waals surface area contributed by atoms with Crippen LogP contribution >= 0.6 is 0 Å². The molecule has 0 bridgehead atoms. The third-order valence-corrected chi connectivity index (χ3v) is 0.835. The van der Waals surface area contributed by atoms with Gasteiger partial charge in [0, 0.05) is 7.05 Å². The quantitative estimate of drug-likeness (QED) is 0.545. The van der Waals surface area contributed by atoms with Crippen LogP contribution in [0.2, 0.25) is 0 Å². The maximum absolute atomic E-state index is 10.4. The largest absolute Gasteiger partial charge is 0.445 e. The Hall–Kier alpha value is -1.03. The van der Waals surface area contributed by atoms with Crippen molar-refractivity contribution in [2.75, 3.05) is 20.3 Å². The van der Waals surface area contributed by atoms with Crippen LogP contribution in [0.15, 0.2) is 12.2 Å². The number of carbonyl (C=O) groups is 1. The molecule has 4 nitrogen and oxygen atoms in total. The lowest BCUT2D eigenvalue weighted by Crippen LogP contribution is -2.20. The maximum Gasteiger partial charge on any atom is 0.407 e. The average molecular weight is 145 g/mol. The second kappa shape index (κ2) is 4.81. The average Bonchev–Trinajstić information content (AvgIpc) is 1.99.